The average Bonchev–Trinajstić information content (AvgIpc) is 3.61. The molecule has 2 amide bonds. The van der Waals surface area contributed by atoms with Crippen molar-refractivity contribution in [3.63, 3.8) is 0 Å². The number of amides is 2. The van der Waals surface area contributed by atoms with Crippen molar-refractivity contribution in [2.75, 3.05) is 30.3 Å². The normalized spacial score (nSPS) is 17.9. The summed E-state index contributed by atoms with van der Waals surface area (Å²) in [7, 11) is -4.58. The van der Waals surface area contributed by atoms with E-state index in [2.05, 4.69) is 18.4 Å². The molecule has 0 N–H and O–H groups in total. The second kappa shape index (κ2) is 18.2. The molecule has 3 heterocycles. The molecule has 1 aromatic carbocycles. The summed E-state index contributed by atoms with van der Waals surface area (Å²) in [6, 6.07) is 7.82. The van der Waals surface area contributed by atoms with Crippen LogP contribution in [-0.4, -0.2) is 61.2 Å². The number of carbonyl (C=O) groups excluding carboxylic acids is 3. The summed E-state index contributed by atoms with van der Waals surface area (Å²) in [6.07, 6.45) is 5.49. The van der Waals surface area contributed by atoms with Crippen LogP contribution in [0.5, 0.6) is 0 Å². The number of hydrogen-bond donors (Lipinski definition) is 0. The second-order valence-electron chi connectivity index (χ2n) is 16.1. The van der Waals surface area contributed by atoms with Crippen LogP contribution in [0.4, 0.5) is 23.2 Å². The van der Waals surface area contributed by atoms with Crippen LogP contribution in [0.1, 0.15) is 116 Å². The zero-order valence-electron chi connectivity index (χ0n) is 34.3. The Balaban J connectivity index is 1.54. The first-order chi connectivity index (χ1) is 27.7. The van der Waals surface area contributed by atoms with Gasteiger partial charge in [-0.1, -0.05) is 45.8 Å². The molecule has 0 saturated carbocycles. The summed E-state index contributed by atoms with van der Waals surface area (Å²) in [5.41, 5.74) is -1.03. The number of unbranched alkanes of at least 4 members (excludes halogenated alkanes) is 3. The Kier molecular flexibility index (Phi) is 14.0. The molecule has 320 valence electrons. The molecule has 3 aliphatic heterocycles. The van der Waals surface area contributed by atoms with Crippen molar-refractivity contribution in [3.05, 3.63) is 87.6 Å². The van der Waals surface area contributed by atoms with E-state index in [0.29, 0.717) is 23.0 Å². The number of hydrogen-bond acceptors (Lipinski definition) is 9. The van der Waals surface area contributed by atoms with Gasteiger partial charge in [-0.15, -0.1) is 5.06 Å². The van der Waals surface area contributed by atoms with Gasteiger partial charge < -0.3 is 18.7 Å². The third-order valence-corrected chi connectivity index (χ3v) is 11.7. The molecule has 1 saturated heterocycles. The first kappa shape index (κ1) is 45.3. The number of imide groups is 1. The zero-order valence-corrected chi connectivity index (χ0v) is 35.1. The highest BCUT2D eigenvalue weighted by Gasteiger charge is 2.49. The molecule has 0 spiro atoms. The van der Waals surface area contributed by atoms with E-state index in [1.165, 1.54) is 11.8 Å². The summed E-state index contributed by atoms with van der Waals surface area (Å²) in [6.45, 7) is 13.2. The number of allylic oxidation sites excluding steroid dienone is 3. The molecule has 4 aliphatic rings. The Hall–Kier alpha value is -4.83. The van der Waals surface area contributed by atoms with E-state index in [1.807, 2.05) is 45.0 Å². The monoisotopic (exact) mass is 845 g/mol. The van der Waals surface area contributed by atoms with Crippen molar-refractivity contribution in [2.45, 2.75) is 110 Å². The molecule has 1 aliphatic carbocycles. The number of rotatable bonds is 16. The molecule has 0 bridgehead atoms. The minimum absolute atomic E-state index is 0.0355. The lowest BCUT2D eigenvalue weighted by Crippen LogP contribution is -2.32. The van der Waals surface area contributed by atoms with Crippen LogP contribution in [0, 0.1) is 23.3 Å². The van der Waals surface area contributed by atoms with Crippen LogP contribution in [0.2, 0.25) is 0 Å². The number of anilines is 1. The molecule has 1 fully saturated rings. The number of nitrogens with zero attached hydrogens (tertiary/aromatic N) is 3. The van der Waals surface area contributed by atoms with Gasteiger partial charge in [-0.3, -0.25) is 9.59 Å². The minimum Gasteiger partial charge on any atom is -0.748 e. The van der Waals surface area contributed by atoms with Crippen molar-refractivity contribution < 1.29 is 54.2 Å². The SMILES string of the molecule is CC[N+](CC)=c1ccc2c(C=CC=C3N(CCCCCC(=O)ON4C(=O)CCC4=O)c4c(F)c(F)c(F)c(F)c4C3(C)CCCCS(=O)(=O)[O-])cc(C(C)(C)C)oc-2c1. The fourth-order valence-corrected chi connectivity index (χ4v) is 8.26. The summed E-state index contributed by atoms with van der Waals surface area (Å²) >= 11 is 0. The third kappa shape index (κ3) is 9.97. The standard InChI is InChI=1S/C43H51F4N3O8S/c1-7-48(8-2)28-18-19-29-27(25-32(42(3,4)5)57-30(29)26-28)15-14-16-31-43(6,22-11-13-24-59(54,55)56)36-37(44)38(45)39(46)40(47)41(36)49(31)23-12-9-10-17-35(53)58-50-33(51)20-21-34(50)52/h14-16,18-19,25-26H,7-13,17,20-24H2,1-6H3. The van der Waals surface area contributed by atoms with Gasteiger partial charge in [0.1, 0.15) is 24.6 Å². The summed E-state index contributed by atoms with van der Waals surface area (Å²) in [4.78, 5) is 42.3. The van der Waals surface area contributed by atoms with Crippen molar-refractivity contribution in [1.29, 1.82) is 0 Å². The van der Waals surface area contributed by atoms with Crippen LogP contribution in [0.15, 0.2) is 46.5 Å². The highest BCUT2D eigenvalue weighted by Crippen LogP contribution is 2.54. The van der Waals surface area contributed by atoms with Gasteiger partial charge in [0.15, 0.2) is 23.3 Å². The Morgan fingerprint density at radius 3 is 2.24 bits per heavy atom. The topological polar surface area (TPSA) is 140 Å². The van der Waals surface area contributed by atoms with Crippen LogP contribution >= 0.6 is 0 Å². The van der Waals surface area contributed by atoms with E-state index < -0.39 is 73.6 Å². The second-order valence-corrected chi connectivity index (χ2v) is 17.6. The number of halogens is 4. The molecule has 0 radical (unpaired) electrons. The molecule has 59 heavy (non-hydrogen) atoms. The average molecular weight is 846 g/mol. The van der Waals surface area contributed by atoms with E-state index in [-0.39, 0.29) is 69.0 Å². The Bertz CT molecular complexity index is 2310. The van der Waals surface area contributed by atoms with E-state index in [1.54, 1.807) is 18.2 Å². The van der Waals surface area contributed by atoms with Gasteiger partial charge in [0.25, 0.3) is 11.8 Å². The van der Waals surface area contributed by atoms with Crippen molar-refractivity contribution in [3.8, 4) is 11.3 Å². The number of carbonyl (C=O) groups is 3. The lowest BCUT2D eigenvalue weighted by molar-refractivity contribution is -0.197. The van der Waals surface area contributed by atoms with Gasteiger partial charge in [-0.05, 0) is 70.2 Å². The molecule has 5 rings (SSSR count). The van der Waals surface area contributed by atoms with Gasteiger partial charge in [0, 0.05) is 65.3 Å². The predicted octanol–water partition coefficient (Wildman–Crippen LogP) is 7.61. The van der Waals surface area contributed by atoms with Gasteiger partial charge >= 0.3 is 5.97 Å². The Morgan fingerprint density at radius 1 is 0.949 bits per heavy atom. The van der Waals surface area contributed by atoms with Crippen molar-refractivity contribution in [2.24, 2.45) is 0 Å². The molecule has 11 nitrogen and oxygen atoms in total. The van der Waals surface area contributed by atoms with E-state index in [4.69, 9.17) is 9.25 Å². The third-order valence-electron chi connectivity index (χ3n) is 10.9. The number of benzene rings is 2. The largest absolute Gasteiger partial charge is 0.748 e. The number of fused-ring (bicyclic) bond motifs is 2. The summed E-state index contributed by atoms with van der Waals surface area (Å²) in [5.74, 6) is -8.56. The molecule has 1 unspecified atom stereocenters. The van der Waals surface area contributed by atoms with Crippen LogP contribution in [0.25, 0.3) is 17.4 Å². The quantitative estimate of drug-likeness (QED) is 0.0271. The minimum atomic E-state index is -4.58. The summed E-state index contributed by atoms with van der Waals surface area (Å²) in [5, 5.41) is 1.43. The van der Waals surface area contributed by atoms with Crippen molar-refractivity contribution >= 4 is 39.7 Å². The van der Waals surface area contributed by atoms with E-state index in [9.17, 15) is 27.4 Å². The maximum absolute atomic E-state index is 16.0. The molecular formula is C43H51F4N3O8S. The fraction of sp³-hybridized carbons (Fsp3) is 0.488. The zero-order chi connectivity index (χ0) is 43.4. The Labute approximate surface area is 342 Å². The maximum Gasteiger partial charge on any atom is 0.333 e. The van der Waals surface area contributed by atoms with Crippen molar-refractivity contribution in [1.82, 2.24) is 9.64 Å². The van der Waals surface area contributed by atoms with Crippen LogP contribution in [-0.2, 0) is 40.2 Å². The fourth-order valence-electron chi connectivity index (χ4n) is 7.70. The predicted molar refractivity (Wildman–Crippen MR) is 213 cm³/mol. The summed E-state index contributed by atoms with van der Waals surface area (Å²) < 4.78 is 105. The maximum atomic E-state index is 16.0. The molecule has 0 aromatic heterocycles. The van der Waals surface area contributed by atoms with E-state index >= 15 is 17.6 Å². The van der Waals surface area contributed by atoms with Gasteiger partial charge in [0.05, 0.1) is 21.9 Å². The lowest BCUT2D eigenvalue weighted by atomic mass is 9.76. The molecular weight excluding hydrogens is 795 g/mol. The lowest BCUT2D eigenvalue weighted by Gasteiger charge is -2.30. The van der Waals surface area contributed by atoms with Crippen LogP contribution in [0.3, 0.4) is 0 Å². The Morgan fingerprint density at radius 2 is 1.61 bits per heavy atom. The van der Waals surface area contributed by atoms with E-state index in [0.717, 1.165) is 29.6 Å². The van der Waals surface area contributed by atoms with Gasteiger partial charge in [0.2, 0.25) is 5.36 Å². The molecule has 1 aromatic rings. The highest BCUT2D eigenvalue weighted by atomic mass is 32.2. The smallest absolute Gasteiger partial charge is 0.333 e. The first-order valence-corrected chi connectivity index (χ1v) is 21.5. The van der Waals surface area contributed by atoms with Gasteiger partial charge in [-0.25, -0.2) is 35.3 Å². The highest BCUT2D eigenvalue weighted by molar-refractivity contribution is 7.85. The first-order valence-electron chi connectivity index (χ1n) is 19.9. The molecule has 16 heteroatoms. The van der Waals surface area contributed by atoms with Gasteiger partial charge in [-0.2, -0.15) is 0 Å². The van der Waals surface area contributed by atoms with Crippen LogP contribution < -0.4 is 14.8 Å². The number of hydroxylamine groups is 2. The molecule has 1 atom stereocenters.